The van der Waals surface area contributed by atoms with Gasteiger partial charge in [-0.05, 0) is 18.6 Å². The Bertz CT molecular complexity index is 178. The highest BCUT2D eigenvalue weighted by Gasteiger charge is 2.25. The minimum Gasteiger partial charge on any atom is -0.333 e. The predicted molar refractivity (Wildman–Crippen MR) is 53.6 cm³/mol. The van der Waals surface area contributed by atoms with Crippen LogP contribution in [0.2, 0.25) is 0 Å². The Morgan fingerprint density at radius 3 is 2.92 bits per heavy atom. The van der Waals surface area contributed by atoms with Gasteiger partial charge in [-0.15, -0.1) is 0 Å². The maximum absolute atomic E-state index is 11.1. The van der Waals surface area contributed by atoms with Crippen molar-refractivity contribution in [1.29, 1.82) is 0 Å². The normalized spacial score (nSPS) is 27.2. The van der Waals surface area contributed by atoms with E-state index < -0.39 is 0 Å². The second kappa shape index (κ2) is 5.34. The van der Waals surface area contributed by atoms with Gasteiger partial charge in [0.15, 0.2) is 0 Å². The fourth-order valence-electron chi connectivity index (χ4n) is 1.18. The molecule has 1 rings (SSSR count). The van der Waals surface area contributed by atoms with E-state index in [-0.39, 0.29) is 12.1 Å². The number of carbonyl (C=O) groups is 1. The van der Waals surface area contributed by atoms with Crippen LogP contribution in [0.15, 0.2) is 0 Å². The van der Waals surface area contributed by atoms with E-state index in [2.05, 4.69) is 17.7 Å². The van der Waals surface area contributed by atoms with Crippen LogP contribution in [-0.2, 0) is 4.84 Å². The maximum Gasteiger partial charge on any atom is 0.338 e. The van der Waals surface area contributed by atoms with Crippen molar-refractivity contribution >= 4 is 17.8 Å². The maximum atomic E-state index is 11.1. The van der Waals surface area contributed by atoms with E-state index in [9.17, 15) is 4.79 Å². The first kappa shape index (κ1) is 10.7. The quantitative estimate of drug-likeness (QED) is 0.674. The number of thioether (sulfide) groups is 1. The van der Waals surface area contributed by atoms with Crippen LogP contribution in [0.5, 0.6) is 0 Å². The third-order valence-electron chi connectivity index (χ3n) is 1.99. The van der Waals surface area contributed by atoms with Gasteiger partial charge in [0.1, 0.15) is 0 Å². The third-order valence-corrected chi connectivity index (χ3v) is 3.35. The lowest BCUT2D eigenvalue weighted by atomic mass is 10.1. The molecule has 0 saturated carbocycles. The number of rotatable bonds is 3. The van der Waals surface area contributed by atoms with Gasteiger partial charge in [0.25, 0.3) is 0 Å². The van der Waals surface area contributed by atoms with Crippen LogP contribution in [0.4, 0.5) is 4.79 Å². The number of urea groups is 1. The molecule has 2 unspecified atom stereocenters. The first-order valence-corrected chi connectivity index (χ1v) is 5.65. The predicted octanol–water partition coefficient (Wildman–Crippen LogP) is 0.989. The molecule has 0 spiro atoms. The van der Waals surface area contributed by atoms with Crippen molar-refractivity contribution in [3.05, 3.63) is 0 Å². The minimum absolute atomic E-state index is 0.235. The molecule has 76 valence electrons. The van der Waals surface area contributed by atoms with Crippen molar-refractivity contribution in [3.63, 3.8) is 0 Å². The summed E-state index contributed by atoms with van der Waals surface area (Å²) in [4.78, 5) is 15.9. The molecule has 0 aliphatic carbocycles. The lowest BCUT2D eigenvalue weighted by molar-refractivity contribution is 0.0693. The van der Waals surface area contributed by atoms with Gasteiger partial charge < -0.3 is 5.32 Å². The van der Waals surface area contributed by atoms with E-state index in [0.717, 1.165) is 11.5 Å². The summed E-state index contributed by atoms with van der Waals surface area (Å²) in [6.07, 6.45) is 0. The third kappa shape index (κ3) is 3.44. The molecular formula is C8H16N2O2S. The summed E-state index contributed by atoms with van der Waals surface area (Å²) < 4.78 is 0. The summed E-state index contributed by atoms with van der Waals surface area (Å²) in [6, 6.07) is 0.0478. The molecule has 0 bridgehead atoms. The van der Waals surface area contributed by atoms with Gasteiger partial charge in [-0.3, -0.25) is 4.84 Å². The zero-order chi connectivity index (χ0) is 9.68. The first-order chi connectivity index (χ1) is 6.24. The molecule has 1 saturated heterocycles. The van der Waals surface area contributed by atoms with Crippen LogP contribution in [0, 0.1) is 5.92 Å². The van der Waals surface area contributed by atoms with Gasteiger partial charge in [0.05, 0.1) is 6.61 Å². The average Bonchev–Trinajstić information content (AvgIpc) is 2.48. The number of nitrogens with one attached hydrogen (secondary N) is 2. The molecule has 2 atom stereocenters. The molecule has 0 aromatic rings. The van der Waals surface area contributed by atoms with E-state index in [1.807, 2.05) is 18.7 Å². The van der Waals surface area contributed by atoms with Crippen LogP contribution < -0.4 is 10.8 Å². The highest BCUT2D eigenvalue weighted by atomic mass is 32.2. The van der Waals surface area contributed by atoms with Gasteiger partial charge in [-0.1, -0.05) is 6.92 Å². The van der Waals surface area contributed by atoms with Crippen molar-refractivity contribution in [1.82, 2.24) is 10.8 Å². The molecule has 0 aromatic carbocycles. The van der Waals surface area contributed by atoms with E-state index in [1.165, 1.54) is 0 Å². The Kier molecular flexibility index (Phi) is 4.38. The lowest BCUT2D eigenvalue weighted by Gasteiger charge is -2.16. The topological polar surface area (TPSA) is 50.4 Å². The molecule has 0 aromatic heterocycles. The average molecular weight is 204 g/mol. The summed E-state index contributed by atoms with van der Waals surface area (Å²) in [6.45, 7) is 4.46. The van der Waals surface area contributed by atoms with E-state index in [4.69, 9.17) is 4.84 Å². The number of amides is 2. The Balaban J connectivity index is 2.19. The zero-order valence-electron chi connectivity index (χ0n) is 8.00. The monoisotopic (exact) mass is 204 g/mol. The van der Waals surface area contributed by atoms with Gasteiger partial charge >= 0.3 is 6.03 Å². The molecule has 4 nitrogen and oxygen atoms in total. The molecular weight excluding hydrogens is 188 g/mol. The Labute approximate surface area is 82.7 Å². The van der Waals surface area contributed by atoms with Gasteiger partial charge in [-0.25, -0.2) is 10.3 Å². The number of carbonyl (C=O) groups excluding carboxylic acids is 1. The fourth-order valence-corrected chi connectivity index (χ4v) is 2.59. The van der Waals surface area contributed by atoms with Crippen LogP contribution >= 0.6 is 11.8 Å². The minimum atomic E-state index is -0.235. The van der Waals surface area contributed by atoms with Crippen LogP contribution in [0.3, 0.4) is 0 Å². The standard InChI is InChI=1S/C8H16N2O2S/c1-3-12-10-8(11)9-7-5-13-4-6(7)2/h6-7H,3-5H2,1-2H3,(H2,9,10,11). The smallest absolute Gasteiger partial charge is 0.333 e. The number of hydroxylamine groups is 1. The highest BCUT2D eigenvalue weighted by molar-refractivity contribution is 7.99. The van der Waals surface area contributed by atoms with E-state index in [1.54, 1.807) is 0 Å². The number of hydrogen-bond donors (Lipinski definition) is 2. The second-order valence-electron chi connectivity index (χ2n) is 3.13. The summed E-state index contributed by atoms with van der Waals surface area (Å²) >= 11 is 1.87. The van der Waals surface area contributed by atoms with Crippen LogP contribution in [-0.4, -0.2) is 30.2 Å². The molecule has 1 aliphatic heterocycles. The SMILES string of the molecule is CCONC(=O)NC1CSCC1C. The molecule has 1 fully saturated rings. The fraction of sp³-hybridized carbons (Fsp3) is 0.875. The van der Waals surface area contributed by atoms with Gasteiger partial charge in [0.2, 0.25) is 0 Å². The molecule has 0 radical (unpaired) electrons. The second-order valence-corrected chi connectivity index (χ2v) is 4.20. The molecule has 5 heteroatoms. The molecule has 13 heavy (non-hydrogen) atoms. The molecule has 2 N–H and O–H groups in total. The molecule has 1 aliphatic rings. The van der Waals surface area contributed by atoms with Crippen molar-refractivity contribution in [3.8, 4) is 0 Å². The zero-order valence-corrected chi connectivity index (χ0v) is 8.82. The van der Waals surface area contributed by atoms with Crippen LogP contribution in [0.1, 0.15) is 13.8 Å². The summed E-state index contributed by atoms with van der Waals surface area (Å²) in [7, 11) is 0. The Hall–Kier alpha value is -0.420. The van der Waals surface area contributed by atoms with Crippen molar-refractivity contribution < 1.29 is 9.63 Å². The number of hydrogen-bond acceptors (Lipinski definition) is 3. The van der Waals surface area contributed by atoms with Crippen molar-refractivity contribution in [2.45, 2.75) is 19.9 Å². The first-order valence-electron chi connectivity index (χ1n) is 4.50. The van der Waals surface area contributed by atoms with Crippen LogP contribution in [0.25, 0.3) is 0 Å². The van der Waals surface area contributed by atoms with Gasteiger partial charge in [0, 0.05) is 11.8 Å². The Morgan fingerprint density at radius 2 is 2.38 bits per heavy atom. The summed E-state index contributed by atoms with van der Waals surface area (Å²) in [5, 5.41) is 2.87. The summed E-state index contributed by atoms with van der Waals surface area (Å²) in [5.41, 5.74) is 2.32. The highest BCUT2D eigenvalue weighted by Crippen LogP contribution is 2.23. The lowest BCUT2D eigenvalue weighted by Crippen LogP contribution is -2.44. The summed E-state index contributed by atoms with van der Waals surface area (Å²) in [5.74, 6) is 2.68. The van der Waals surface area contributed by atoms with Crippen molar-refractivity contribution in [2.75, 3.05) is 18.1 Å². The molecule has 1 heterocycles. The molecule has 2 amide bonds. The van der Waals surface area contributed by atoms with E-state index >= 15 is 0 Å². The largest absolute Gasteiger partial charge is 0.338 e. The van der Waals surface area contributed by atoms with Gasteiger partial charge in [-0.2, -0.15) is 11.8 Å². The Morgan fingerprint density at radius 1 is 1.62 bits per heavy atom. The van der Waals surface area contributed by atoms with E-state index in [0.29, 0.717) is 12.5 Å². The van der Waals surface area contributed by atoms with Crippen molar-refractivity contribution in [2.24, 2.45) is 5.92 Å².